The predicted molar refractivity (Wildman–Crippen MR) is 51.8 cm³/mol. The van der Waals surface area contributed by atoms with Crippen LogP contribution in [0.2, 0.25) is 0 Å². The normalized spacial score (nSPS) is 11.5. The van der Waals surface area contributed by atoms with Gasteiger partial charge in [0.05, 0.1) is 12.5 Å². The SMILES string of the molecule is C=C(Br)CNS(=O)(=O)c1cnc[nH]1. The summed E-state index contributed by atoms with van der Waals surface area (Å²) in [4.78, 5) is 6.10. The Bertz CT molecular complexity index is 384. The molecule has 1 heterocycles. The minimum absolute atomic E-state index is 0.0428. The molecule has 0 spiro atoms. The maximum absolute atomic E-state index is 11.4. The second-order valence-corrected chi connectivity index (χ2v) is 5.11. The highest BCUT2D eigenvalue weighted by Crippen LogP contribution is 2.04. The number of halogens is 1. The van der Waals surface area contributed by atoms with Crippen LogP contribution in [-0.2, 0) is 10.0 Å². The van der Waals surface area contributed by atoms with Crippen LogP contribution in [0.5, 0.6) is 0 Å². The van der Waals surface area contributed by atoms with Gasteiger partial charge in [0.1, 0.15) is 0 Å². The Morgan fingerprint density at radius 3 is 2.92 bits per heavy atom. The lowest BCUT2D eigenvalue weighted by Crippen LogP contribution is -2.24. The monoisotopic (exact) mass is 265 g/mol. The van der Waals surface area contributed by atoms with Crippen LogP contribution in [0.1, 0.15) is 0 Å². The van der Waals surface area contributed by atoms with Crippen molar-refractivity contribution in [3.63, 3.8) is 0 Å². The molecular formula is C6H8BrN3O2S. The van der Waals surface area contributed by atoms with Crippen LogP contribution < -0.4 is 4.72 Å². The molecule has 0 aliphatic rings. The van der Waals surface area contributed by atoms with Crippen LogP contribution in [0.15, 0.2) is 28.6 Å². The molecule has 0 aliphatic carbocycles. The number of sulfonamides is 1. The number of aromatic amines is 1. The summed E-state index contributed by atoms with van der Waals surface area (Å²) in [6, 6.07) is 0. The van der Waals surface area contributed by atoms with Crippen molar-refractivity contribution in [2.24, 2.45) is 0 Å². The van der Waals surface area contributed by atoms with Gasteiger partial charge in [0.25, 0.3) is 10.0 Å². The van der Waals surface area contributed by atoms with E-state index in [1.807, 2.05) is 0 Å². The van der Waals surface area contributed by atoms with E-state index in [-0.39, 0.29) is 11.6 Å². The third-order valence-corrected chi connectivity index (χ3v) is 2.82. The van der Waals surface area contributed by atoms with Gasteiger partial charge in [-0.3, -0.25) is 0 Å². The van der Waals surface area contributed by atoms with Gasteiger partial charge in [-0.05, 0) is 0 Å². The predicted octanol–water partition coefficient (Wildman–Crippen LogP) is 0.597. The highest BCUT2D eigenvalue weighted by Gasteiger charge is 2.14. The smallest absolute Gasteiger partial charge is 0.257 e. The summed E-state index contributed by atoms with van der Waals surface area (Å²) in [6.45, 7) is 3.66. The number of H-pyrrole nitrogens is 1. The lowest BCUT2D eigenvalue weighted by Gasteiger charge is -2.01. The van der Waals surface area contributed by atoms with Crippen LogP contribution in [-0.4, -0.2) is 24.9 Å². The van der Waals surface area contributed by atoms with Gasteiger partial charge in [0, 0.05) is 11.0 Å². The molecule has 1 aromatic rings. The van der Waals surface area contributed by atoms with E-state index in [2.05, 4.69) is 37.2 Å². The zero-order valence-electron chi connectivity index (χ0n) is 6.62. The van der Waals surface area contributed by atoms with Gasteiger partial charge in [-0.2, -0.15) is 0 Å². The second kappa shape index (κ2) is 4.03. The molecule has 0 radical (unpaired) electrons. The molecule has 0 saturated heterocycles. The van der Waals surface area contributed by atoms with Crippen molar-refractivity contribution >= 4 is 26.0 Å². The number of nitrogens with zero attached hydrogens (tertiary/aromatic N) is 1. The average molecular weight is 266 g/mol. The van der Waals surface area contributed by atoms with E-state index in [1.165, 1.54) is 12.5 Å². The Morgan fingerprint density at radius 2 is 2.46 bits per heavy atom. The molecular weight excluding hydrogens is 258 g/mol. The summed E-state index contributed by atoms with van der Waals surface area (Å²) < 4.78 is 25.6. The minimum atomic E-state index is -3.47. The Hall–Kier alpha value is -0.660. The van der Waals surface area contributed by atoms with Crippen LogP contribution in [0.4, 0.5) is 0 Å². The zero-order chi connectivity index (χ0) is 9.90. The third kappa shape index (κ3) is 2.94. The van der Waals surface area contributed by atoms with Crippen LogP contribution in [0.3, 0.4) is 0 Å². The van der Waals surface area contributed by atoms with E-state index >= 15 is 0 Å². The third-order valence-electron chi connectivity index (χ3n) is 1.22. The lowest BCUT2D eigenvalue weighted by atomic mass is 10.7. The topological polar surface area (TPSA) is 74.8 Å². The van der Waals surface area contributed by atoms with Gasteiger partial charge in [0.15, 0.2) is 5.03 Å². The van der Waals surface area contributed by atoms with Gasteiger partial charge in [-0.25, -0.2) is 18.1 Å². The Labute approximate surface area is 84.4 Å². The fraction of sp³-hybridized carbons (Fsp3) is 0.167. The minimum Gasteiger partial charge on any atom is -0.335 e. The van der Waals surface area contributed by atoms with Gasteiger partial charge in [-0.1, -0.05) is 22.5 Å². The first kappa shape index (κ1) is 10.4. The molecule has 0 atom stereocenters. The lowest BCUT2D eigenvalue weighted by molar-refractivity contribution is 0.582. The van der Waals surface area contributed by atoms with Crippen LogP contribution >= 0.6 is 15.9 Å². The van der Waals surface area contributed by atoms with Gasteiger partial charge in [-0.15, -0.1) is 0 Å². The van der Waals surface area contributed by atoms with E-state index < -0.39 is 10.0 Å². The van der Waals surface area contributed by atoms with Crippen LogP contribution in [0, 0.1) is 0 Å². The van der Waals surface area contributed by atoms with Crippen molar-refractivity contribution in [3.05, 3.63) is 23.6 Å². The number of aromatic nitrogens is 2. The van der Waals surface area contributed by atoms with Crippen molar-refractivity contribution in [2.45, 2.75) is 5.03 Å². The highest BCUT2D eigenvalue weighted by molar-refractivity contribution is 9.11. The molecule has 1 aromatic heterocycles. The zero-order valence-corrected chi connectivity index (χ0v) is 9.02. The number of hydrogen-bond acceptors (Lipinski definition) is 3. The first-order valence-corrected chi connectivity index (χ1v) is 5.61. The quantitative estimate of drug-likeness (QED) is 0.837. The molecule has 0 aromatic carbocycles. The molecule has 0 amide bonds. The Balaban J connectivity index is 2.74. The second-order valence-electron chi connectivity index (χ2n) is 2.26. The van der Waals surface area contributed by atoms with Gasteiger partial charge < -0.3 is 4.98 Å². The summed E-state index contributed by atoms with van der Waals surface area (Å²) in [5, 5.41) is 0.0428. The van der Waals surface area contributed by atoms with Gasteiger partial charge in [0.2, 0.25) is 0 Å². The first-order valence-electron chi connectivity index (χ1n) is 3.33. The van der Waals surface area contributed by atoms with Gasteiger partial charge >= 0.3 is 0 Å². The Morgan fingerprint density at radius 1 is 1.77 bits per heavy atom. The Kier molecular flexibility index (Phi) is 3.23. The molecule has 0 saturated carbocycles. The molecule has 0 bridgehead atoms. The van der Waals surface area contributed by atoms with Crippen molar-refractivity contribution in [1.82, 2.24) is 14.7 Å². The summed E-state index contributed by atoms with van der Waals surface area (Å²) in [5.74, 6) is 0. The fourth-order valence-corrected chi connectivity index (χ4v) is 1.89. The summed E-state index contributed by atoms with van der Waals surface area (Å²) in [7, 11) is -3.47. The van der Waals surface area contributed by atoms with Crippen molar-refractivity contribution in [1.29, 1.82) is 0 Å². The molecule has 1 rings (SSSR count). The molecule has 0 unspecified atom stereocenters. The standard InChI is InChI=1S/C6H8BrN3O2S/c1-5(7)2-10-13(11,12)6-3-8-4-9-6/h3-4,10H,1-2H2,(H,8,9). The summed E-state index contributed by atoms with van der Waals surface area (Å²) in [6.07, 6.45) is 2.54. The average Bonchev–Trinajstić information content (AvgIpc) is 2.53. The first-order chi connectivity index (χ1) is 6.02. The van der Waals surface area contributed by atoms with E-state index in [0.717, 1.165) is 0 Å². The van der Waals surface area contributed by atoms with E-state index in [4.69, 9.17) is 0 Å². The number of nitrogens with one attached hydrogen (secondary N) is 2. The maximum atomic E-state index is 11.4. The summed E-state index contributed by atoms with van der Waals surface area (Å²) >= 11 is 3.04. The molecule has 5 nitrogen and oxygen atoms in total. The largest absolute Gasteiger partial charge is 0.335 e. The van der Waals surface area contributed by atoms with Crippen LogP contribution in [0.25, 0.3) is 0 Å². The van der Waals surface area contributed by atoms with Crippen molar-refractivity contribution < 1.29 is 8.42 Å². The molecule has 72 valence electrons. The number of imidazole rings is 1. The number of hydrogen-bond donors (Lipinski definition) is 2. The molecule has 2 N–H and O–H groups in total. The van der Waals surface area contributed by atoms with Crippen molar-refractivity contribution in [2.75, 3.05) is 6.54 Å². The number of rotatable bonds is 4. The molecule has 13 heavy (non-hydrogen) atoms. The highest BCUT2D eigenvalue weighted by atomic mass is 79.9. The van der Waals surface area contributed by atoms with E-state index in [1.54, 1.807) is 0 Å². The van der Waals surface area contributed by atoms with E-state index in [0.29, 0.717) is 4.48 Å². The molecule has 0 fully saturated rings. The maximum Gasteiger partial charge on any atom is 0.257 e. The van der Waals surface area contributed by atoms with Crippen molar-refractivity contribution in [3.8, 4) is 0 Å². The molecule has 0 aliphatic heterocycles. The molecule has 7 heteroatoms. The summed E-state index contributed by atoms with van der Waals surface area (Å²) in [5.41, 5.74) is 0. The fourth-order valence-electron chi connectivity index (χ4n) is 0.641. The van der Waals surface area contributed by atoms with E-state index in [9.17, 15) is 8.42 Å².